The molecular formula is C24H25ClF3N3O2S. The summed E-state index contributed by atoms with van der Waals surface area (Å²) in [5.74, 6) is -3.37. The molecule has 1 aromatic carbocycles. The molecule has 2 aliphatic heterocycles. The van der Waals surface area contributed by atoms with Crippen LogP contribution in [0.25, 0.3) is 5.69 Å². The third-order valence-electron chi connectivity index (χ3n) is 6.70. The van der Waals surface area contributed by atoms with Crippen molar-refractivity contribution in [3.63, 3.8) is 0 Å². The van der Waals surface area contributed by atoms with Crippen molar-refractivity contribution in [3.8, 4) is 5.69 Å². The zero-order valence-electron chi connectivity index (χ0n) is 18.9. The second-order valence-electron chi connectivity index (χ2n) is 8.92. The molecule has 0 N–H and O–H groups in total. The predicted octanol–water partition coefficient (Wildman–Crippen LogP) is 5.79. The van der Waals surface area contributed by atoms with Gasteiger partial charge in [0.2, 0.25) is 0 Å². The first kappa shape index (κ1) is 23.8. The molecule has 0 aliphatic carbocycles. The van der Waals surface area contributed by atoms with Crippen LogP contribution in [-0.4, -0.2) is 41.5 Å². The van der Waals surface area contributed by atoms with Gasteiger partial charge in [0.25, 0.3) is 5.92 Å². The molecule has 3 aromatic rings. The highest BCUT2D eigenvalue weighted by Gasteiger charge is 2.51. The standard InChI is InChI=1S/C24H25ClF3N3O2S/c1-15-17(12-31(29-15)21-16(13-32-2)4-3-5-19(21)26)11-30-8-6-23(7-9-30)22-18(10-20(25)34-22)24(27,28)14-33-23/h3-5,10,12H,6-9,11,13-14H2,1-2H3. The zero-order valence-corrected chi connectivity index (χ0v) is 20.5. The van der Waals surface area contributed by atoms with Gasteiger partial charge in [0.05, 0.1) is 16.6 Å². The van der Waals surface area contributed by atoms with E-state index in [9.17, 15) is 13.2 Å². The van der Waals surface area contributed by atoms with E-state index in [4.69, 9.17) is 21.1 Å². The van der Waals surface area contributed by atoms with Crippen molar-refractivity contribution in [2.24, 2.45) is 0 Å². The zero-order chi connectivity index (χ0) is 24.1. The molecular weight excluding hydrogens is 487 g/mol. The number of methoxy groups -OCH3 is 1. The van der Waals surface area contributed by atoms with Gasteiger partial charge in [-0.3, -0.25) is 4.90 Å². The number of piperidine rings is 1. The van der Waals surface area contributed by atoms with Crippen LogP contribution in [0.3, 0.4) is 0 Å². The topological polar surface area (TPSA) is 39.5 Å². The van der Waals surface area contributed by atoms with Crippen LogP contribution in [0.5, 0.6) is 0 Å². The quantitative estimate of drug-likeness (QED) is 0.434. The molecule has 10 heteroatoms. The lowest BCUT2D eigenvalue weighted by molar-refractivity contribution is -0.182. The SMILES string of the molecule is COCc1cccc(F)c1-n1cc(CN2CCC3(CC2)OCC(F)(F)c2cc(Cl)sc23)c(C)n1. The summed E-state index contributed by atoms with van der Waals surface area (Å²) in [6.07, 6.45) is 3.06. The molecule has 4 heterocycles. The maximum absolute atomic E-state index is 14.6. The molecule has 182 valence electrons. The summed E-state index contributed by atoms with van der Waals surface area (Å²) in [6.45, 7) is 3.55. The normalized spacial score (nSPS) is 19.5. The van der Waals surface area contributed by atoms with Gasteiger partial charge in [-0.05, 0) is 31.9 Å². The monoisotopic (exact) mass is 511 g/mol. The molecule has 0 bridgehead atoms. The fraction of sp³-hybridized carbons (Fsp3) is 0.458. The highest BCUT2D eigenvalue weighted by atomic mass is 35.5. The minimum absolute atomic E-state index is 0.0103. The summed E-state index contributed by atoms with van der Waals surface area (Å²) in [4.78, 5) is 2.81. The molecule has 2 aromatic heterocycles. The molecule has 34 heavy (non-hydrogen) atoms. The van der Waals surface area contributed by atoms with Gasteiger partial charge in [-0.2, -0.15) is 13.9 Å². The second-order valence-corrected chi connectivity index (χ2v) is 10.6. The van der Waals surface area contributed by atoms with Gasteiger partial charge < -0.3 is 9.47 Å². The summed E-state index contributed by atoms with van der Waals surface area (Å²) in [5.41, 5.74) is 2.19. The van der Waals surface area contributed by atoms with Crippen molar-refractivity contribution in [1.82, 2.24) is 14.7 Å². The summed E-state index contributed by atoms with van der Waals surface area (Å²) in [6, 6.07) is 6.27. The van der Waals surface area contributed by atoms with E-state index in [0.29, 0.717) is 52.9 Å². The smallest absolute Gasteiger partial charge is 0.297 e. The van der Waals surface area contributed by atoms with Crippen LogP contribution in [0.15, 0.2) is 30.5 Å². The highest BCUT2D eigenvalue weighted by molar-refractivity contribution is 7.16. The number of likely N-dealkylation sites (tertiary alicyclic amines) is 1. The summed E-state index contributed by atoms with van der Waals surface area (Å²) in [5, 5.41) is 4.56. The number of fused-ring (bicyclic) bond motifs is 2. The number of rotatable bonds is 5. The largest absolute Gasteiger partial charge is 0.380 e. The fourth-order valence-electron chi connectivity index (χ4n) is 4.88. The van der Waals surface area contributed by atoms with Gasteiger partial charge in [-0.25, -0.2) is 9.07 Å². The molecule has 5 rings (SSSR count). The molecule has 0 amide bonds. The third-order valence-corrected chi connectivity index (χ3v) is 8.15. The van der Waals surface area contributed by atoms with Crippen molar-refractivity contribution < 1.29 is 22.6 Å². The molecule has 1 saturated heterocycles. The number of hydrogen-bond acceptors (Lipinski definition) is 5. The first-order valence-electron chi connectivity index (χ1n) is 11.1. The Hall–Kier alpha value is -1.91. The van der Waals surface area contributed by atoms with Crippen molar-refractivity contribution >= 4 is 22.9 Å². The number of nitrogens with zero attached hydrogens (tertiary/aromatic N) is 3. The minimum atomic E-state index is -3.01. The van der Waals surface area contributed by atoms with E-state index in [1.54, 1.807) is 17.9 Å². The number of aryl methyl sites for hydroxylation is 1. The van der Waals surface area contributed by atoms with Crippen LogP contribution in [-0.2, 0) is 34.1 Å². The van der Waals surface area contributed by atoms with E-state index in [1.165, 1.54) is 23.5 Å². The maximum atomic E-state index is 14.6. The maximum Gasteiger partial charge on any atom is 0.297 e. The summed E-state index contributed by atoms with van der Waals surface area (Å²) in [7, 11) is 1.57. The van der Waals surface area contributed by atoms with Gasteiger partial charge in [0, 0.05) is 54.5 Å². The van der Waals surface area contributed by atoms with Gasteiger partial charge in [-0.1, -0.05) is 23.7 Å². The van der Waals surface area contributed by atoms with Crippen molar-refractivity contribution in [1.29, 1.82) is 0 Å². The first-order valence-corrected chi connectivity index (χ1v) is 12.3. The van der Waals surface area contributed by atoms with Crippen LogP contribution in [0.2, 0.25) is 4.34 Å². The van der Waals surface area contributed by atoms with Gasteiger partial charge >= 0.3 is 0 Å². The van der Waals surface area contributed by atoms with Crippen molar-refractivity contribution in [2.45, 2.75) is 44.4 Å². The molecule has 0 atom stereocenters. The van der Waals surface area contributed by atoms with Crippen molar-refractivity contribution in [3.05, 3.63) is 67.9 Å². The lowest BCUT2D eigenvalue weighted by Crippen LogP contribution is -2.48. The van der Waals surface area contributed by atoms with E-state index >= 15 is 0 Å². The number of ether oxygens (including phenoxy) is 2. The third kappa shape index (κ3) is 4.18. The van der Waals surface area contributed by atoms with E-state index in [0.717, 1.165) is 11.3 Å². The molecule has 0 radical (unpaired) electrons. The Morgan fingerprint density at radius 1 is 1.24 bits per heavy atom. The average Bonchev–Trinajstić information content (AvgIpc) is 3.37. The molecule has 0 saturated carbocycles. The van der Waals surface area contributed by atoms with Gasteiger partial charge in [-0.15, -0.1) is 11.3 Å². The van der Waals surface area contributed by atoms with Crippen LogP contribution in [0, 0.1) is 12.7 Å². The Morgan fingerprint density at radius 2 is 2.00 bits per heavy atom. The van der Waals surface area contributed by atoms with Gasteiger partial charge in [0.1, 0.15) is 23.7 Å². The summed E-state index contributed by atoms with van der Waals surface area (Å²) < 4.78 is 56.3. The second kappa shape index (κ2) is 8.95. The van der Waals surface area contributed by atoms with Crippen LogP contribution in [0.4, 0.5) is 13.2 Å². The van der Waals surface area contributed by atoms with Gasteiger partial charge in [0.15, 0.2) is 0 Å². The Balaban J connectivity index is 1.33. The summed E-state index contributed by atoms with van der Waals surface area (Å²) >= 11 is 7.30. The minimum Gasteiger partial charge on any atom is -0.380 e. The fourth-order valence-corrected chi connectivity index (χ4v) is 6.36. The van der Waals surface area contributed by atoms with E-state index < -0.39 is 18.1 Å². The Kier molecular flexibility index (Phi) is 6.27. The lowest BCUT2D eigenvalue weighted by atomic mass is 9.84. The Morgan fingerprint density at radius 3 is 2.74 bits per heavy atom. The molecule has 2 aliphatic rings. The van der Waals surface area contributed by atoms with E-state index in [2.05, 4.69) is 10.00 Å². The average molecular weight is 512 g/mol. The first-order chi connectivity index (χ1) is 16.2. The predicted molar refractivity (Wildman–Crippen MR) is 124 cm³/mol. The van der Waals surface area contributed by atoms with Crippen LogP contribution >= 0.6 is 22.9 Å². The Labute approximate surface area is 205 Å². The number of halogens is 4. The Bertz CT molecular complexity index is 1200. The number of para-hydroxylation sites is 1. The molecule has 1 spiro atoms. The van der Waals surface area contributed by atoms with E-state index in [1.807, 2.05) is 19.2 Å². The van der Waals surface area contributed by atoms with Crippen LogP contribution in [0.1, 0.15) is 40.1 Å². The van der Waals surface area contributed by atoms with Crippen LogP contribution < -0.4 is 0 Å². The highest BCUT2D eigenvalue weighted by Crippen LogP contribution is 2.52. The molecule has 5 nitrogen and oxygen atoms in total. The number of benzene rings is 1. The number of hydrogen-bond donors (Lipinski definition) is 0. The number of aromatic nitrogens is 2. The molecule has 0 unspecified atom stereocenters. The number of alkyl halides is 2. The lowest BCUT2D eigenvalue weighted by Gasteiger charge is -2.45. The van der Waals surface area contributed by atoms with E-state index in [-0.39, 0.29) is 18.0 Å². The molecule has 1 fully saturated rings. The van der Waals surface area contributed by atoms with Crippen molar-refractivity contribution in [2.75, 3.05) is 26.8 Å². The number of thiophene rings is 1.